The van der Waals surface area contributed by atoms with Crippen molar-refractivity contribution in [2.24, 2.45) is 4.99 Å². The monoisotopic (exact) mass is 408 g/mol. The summed E-state index contributed by atoms with van der Waals surface area (Å²) in [4.78, 5) is 6.68. The molecule has 0 bridgehead atoms. The third kappa shape index (κ3) is 8.87. The molecule has 0 radical (unpaired) electrons. The predicted octanol–water partition coefficient (Wildman–Crippen LogP) is 2.45. The first-order valence-corrected chi connectivity index (χ1v) is 7.10. The molecule has 0 atom stereocenters. The zero-order valence-electron chi connectivity index (χ0n) is 13.0. The molecule has 2 N–H and O–H groups in total. The molecule has 0 amide bonds. The van der Waals surface area contributed by atoms with Crippen LogP contribution in [0.15, 0.2) is 29.3 Å². The van der Waals surface area contributed by atoms with Gasteiger partial charge in [0.25, 0.3) is 0 Å². The number of aliphatic imine (C=N–C) groups is 1. The maximum atomic E-state index is 13.1. The lowest BCUT2D eigenvalue weighted by Crippen LogP contribution is -2.40. The van der Waals surface area contributed by atoms with Gasteiger partial charge in [-0.25, -0.2) is 9.38 Å². The van der Waals surface area contributed by atoms with Crippen molar-refractivity contribution in [2.75, 3.05) is 33.2 Å². The Labute approximate surface area is 144 Å². The summed E-state index contributed by atoms with van der Waals surface area (Å²) in [5.41, 5.74) is 0.868. The van der Waals surface area contributed by atoms with Gasteiger partial charge in [0.15, 0.2) is 5.96 Å². The predicted molar refractivity (Wildman–Crippen MR) is 97.8 cm³/mol. The van der Waals surface area contributed by atoms with Gasteiger partial charge >= 0.3 is 0 Å². The second kappa shape index (κ2) is 11.7. The van der Waals surface area contributed by atoms with Crippen LogP contribution in [0.5, 0.6) is 0 Å². The molecule has 4 nitrogen and oxygen atoms in total. The number of halogens is 2. The van der Waals surface area contributed by atoms with E-state index in [0.717, 1.165) is 37.7 Å². The van der Waals surface area contributed by atoms with Crippen molar-refractivity contribution in [3.8, 4) is 0 Å². The van der Waals surface area contributed by atoms with Crippen molar-refractivity contribution in [1.82, 2.24) is 15.5 Å². The van der Waals surface area contributed by atoms with Gasteiger partial charge < -0.3 is 15.5 Å². The van der Waals surface area contributed by atoms with Crippen LogP contribution in [0.25, 0.3) is 0 Å². The fourth-order valence-corrected chi connectivity index (χ4v) is 1.67. The molecule has 0 unspecified atom stereocenters. The molecular formula is C15H26FIN4. The van der Waals surface area contributed by atoms with Gasteiger partial charge in [-0.05, 0) is 38.2 Å². The number of hydrogen-bond acceptors (Lipinski definition) is 2. The fourth-order valence-electron chi connectivity index (χ4n) is 1.67. The van der Waals surface area contributed by atoms with E-state index < -0.39 is 0 Å². The molecule has 0 aliphatic rings. The zero-order valence-corrected chi connectivity index (χ0v) is 15.4. The Morgan fingerprint density at radius 3 is 2.67 bits per heavy atom. The summed E-state index contributed by atoms with van der Waals surface area (Å²) < 4.78 is 13.1. The number of likely N-dealkylation sites (N-methyl/N-ethyl adjacent to an activating group) is 1. The minimum absolute atomic E-state index is 0. The number of hydrogen-bond donors (Lipinski definition) is 2. The summed E-state index contributed by atoms with van der Waals surface area (Å²) in [6.45, 7) is 8.25. The highest BCUT2D eigenvalue weighted by Crippen LogP contribution is 2.04. The molecule has 0 aliphatic carbocycles. The Hall–Kier alpha value is -0.890. The summed E-state index contributed by atoms with van der Waals surface area (Å²) >= 11 is 0. The quantitative estimate of drug-likeness (QED) is 0.414. The molecule has 1 aromatic carbocycles. The Bertz CT molecular complexity index is 426. The van der Waals surface area contributed by atoms with Crippen LogP contribution in [-0.4, -0.2) is 44.1 Å². The second-order valence-corrected chi connectivity index (χ2v) is 4.65. The number of benzene rings is 1. The largest absolute Gasteiger partial charge is 0.357 e. The summed E-state index contributed by atoms with van der Waals surface area (Å²) in [5.74, 6) is 0.543. The molecule has 120 valence electrons. The van der Waals surface area contributed by atoms with Crippen LogP contribution < -0.4 is 10.6 Å². The first kappa shape index (κ1) is 20.1. The third-order valence-electron chi connectivity index (χ3n) is 2.98. The molecule has 0 saturated heterocycles. The molecule has 0 heterocycles. The van der Waals surface area contributed by atoms with E-state index in [1.165, 1.54) is 12.1 Å². The summed E-state index contributed by atoms with van der Waals surface area (Å²) in [6.07, 6.45) is 0. The molecule has 0 saturated carbocycles. The van der Waals surface area contributed by atoms with Crippen molar-refractivity contribution < 1.29 is 4.39 Å². The van der Waals surface area contributed by atoms with Gasteiger partial charge in [-0.3, -0.25) is 0 Å². The highest BCUT2D eigenvalue weighted by molar-refractivity contribution is 14.0. The van der Waals surface area contributed by atoms with Crippen LogP contribution >= 0.6 is 24.0 Å². The van der Waals surface area contributed by atoms with Crippen molar-refractivity contribution in [3.05, 3.63) is 35.6 Å². The van der Waals surface area contributed by atoms with Crippen molar-refractivity contribution in [1.29, 1.82) is 0 Å². The normalized spacial score (nSPS) is 11.2. The maximum Gasteiger partial charge on any atom is 0.191 e. The van der Waals surface area contributed by atoms with E-state index in [-0.39, 0.29) is 29.8 Å². The lowest BCUT2D eigenvalue weighted by Gasteiger charge is -2.16. The van der Waals surface area contributed by atoms with E-state index in [9.17, 15) is 4.39 Å². The SMILES string of the molecule is CCNC(=NCc1cccc(F)c1)NCCN(C)CC.I. The molecule has 0 aromatic heterocycles. The van der Waals surface area contributed by atoms with Crippen LogP contribution in [-0.2, 0) is 6.54 Å². The average molecular weight is 408 g/mol. The number of guanidine groups is 1. The number of nitrogens with one attached hydrogen (secondary N) is 2. The number of nitrogens with zero attached hydrogens (tertiary/aromatic N) is 2. The first-order chi connectivity index (χ1) is 9.65. The Morgan fingerprint density at radius 1 is 1.29 bits per heavy atom. The lowest BCUT2D eigenvalue weighted by atomic mass is 10.2. The first-order valence-electron chi connectivity index (χ1n) is 7.10. The van der Waals surface area contributed by atoms with Crippen LogP contribution in [0.3, 0.4) is 0 Å². The van der Waals surface area contributed by atoms with E-state index in [1.807, 2.05) is 13.0 Å². The van der Waals surface area contributed by atoms with Crippen LogP contribution in [0.1, 0.15) is 19.4 Å². The van der Waals surface area contributed by atoms with Crippen LogP contribution in [0.2, 0.25) is 0 Å². The van der Waals surface area contributed by atoms with Gasteiger partial charge in [0.1, 0.15) is 5.82 Å². The van der Waals surface area contributed by atoms with Crippen LogP contribution in [0.4, 0.5) is 4.39 Å². The molecule has 1 rings (SSSR count). The van der Waals surface area contributed by atoms with E-state index in [1.54, 1.807) is 6.07 Å². The Morgan fingerprint density at radius 2 is 2.05 bits per heavy atom. The number of rotatable bonds is 7. The van der Waals surface area contributed by atoms with Crippen molar-refractivity contribution in [3.63, 3.8) is 0 Å². The lowest BCUT2D eigenvalue weighted by molar-refractivity contribution is 0.357. The zero-order chi connectivity index (χ0) is 14.8. The molecule has 0 spiro atoms. The van der Waals surface area contributed by atoms with Gasteiger partial charge in [0.2, 0.25) is 0 Å². The van der Waals surface area contributed by atoms with Crippen molar-refractivity contribution in [2.45, 2.75) is 20.4 Å². The standard InChI is InChI=1S/C15H25FN4.HI/c1-4-17-15(18-9-10-20(3)5-2)19-12-13-7-6-8-14(16)11-13;/h6-8,11H,4-5,9-10,12H2,1-3H3,(H2,17,18,19);1H. The Balaban J connectivity index is 0.00000400. The average Bonchev–Trinajstić information content (AvgIpc) is 2.44. The minimum atomic E-state index is -0.222. The minimum Gasteiger partial charge on any atom is -0.357 e. The van der Waals surface area contributed by atoms with Gasteiger partial charge in [-0.15, -0.1) is 24.0 Å². The third-order valence-corrected chi connectivity index (χ3v) is 2.98. The Kier molecular flexibility index (Phi) is 11.2. The van der Waals surface area contributed by atoms with E-state index >= 15 is 0 Å². The fraction of sp³-hybridized carbons (Fsp3) is 0.533. The summed E-state index contributed by atoms with van der Waals surface area (Å²) in [7, 11) is 2.08. The molecule has 1 aromatic rings. The second-order valence-electron chi connectivity index (χ2n) is 4.65. The molecule has 21 heavy (non-hydrogen) atoms. The molecule has 0 fully saturated rings. The van der Waals surface area contributed by atoms with E-state index in [4.69, 9.17) is 0 Å². The smallest absolute Gasteiger partial charge is 0.191 e. The van der Waals surface area contributed by atoms with Gasteiger partial charge in [0, 0.05) is 19.6 Å². The van der Waals surface area contributed by atoms with E-state index in [0.29, 0.717) is 6.54 Å². The van der Waals surface area contributed by atoms with Crippen molar-refractivity contribution >= 4 is 29.9 Å². The summed E-state index contributed by atoms with van der Waals surface area (Å²) in [5, 5.41) is 6.46. The topological polar surface area (TPSA) is 39.7 Å². The summed E-state index contributed by atoms with van der Waals surface area (Å²) in [6, 6.07) is 6.53. The highest BCUT2D eigenvalue weighted by Gasteiger charge is 1.99. The van der Waals surface area contributed by atoms with Gasteiger partial charge in [0.05, 0.1) is 6.54 Å². The van der Waals surface area contributed by atoms with Gasteiger partial charge in [-0.2, -0.15) is 0 Å². The molecule has 6 heteroatoms. The van der Waals surface area contributed by atoms with Crippen LogP contribution in [0, 0.1) is 5.82 Å². The van der Waals surface area contributed by atoms with Gasteiger partial charge in [-0.1, -0.05) is 19.1 Å². The van der Waals surface area contributed by atoms with E-state index in [2.05, 4.69) is 34.5 Å². The molecular weight excluding hydrogens is 382 g/mol. The highest BCUT2D eigenvalue weighted by atomic mass is 127. The maximum absolute atomic E-state index is 13.1. The molecule has 0 aliphatic heterocycles.